The van der Waals surface area contributed by atoms with Crippen molar-refractivity contribution in [3.05, 3.63) is 0 Å². The first-order valence-corrected chi connectivity index (χ1v) is 4.59. The molecule has 0 aromatic carbocycles. The van der Waals surface area contributed by atoms with Gasteiger partial charge in [-0.2, -0.15) is 0 Å². The molecule has 1 aliphatic heterocycles. The molecule has 1 aliphatic rings. The number of nitrogens with two attached hydrogens (primary N) is 1. The third-order valence-corrected chi connectivity index (χ3v) is 2.48. The molecule has 3 N–H and O–H groups in total. The number of hydrogen-bond acceptors (Lipinski definition) is 2. The second kappa shape index (κ2) is 3.55. The van der Waals surface area contributed by atoms with Crippen LogP contribution in [0.15, 0.2) is 0 Å². The van der Waals surface area contributed by atoms with Gasteiger partial charge in [0, 0.05) is 5.54 Å². The van der Waals surface area contributed by atoms with E-state index in [4.69, 9.17) is 5.73 Å². The number of rotatable bonds is 3. The lowest BCUT2D eigenvalue weighted by Crippen LogP contribution is -2.31. The van der Waals surface area contributed by atoms with Gasteiger partial charge in [-0.25, -0.2) is 0 Å². The zero-order valence-corrected chi connectivity index (χ0v) is 7.69. The summed E-state index contributed by atoms with van der Waals surface area (Å²) < 4.78 is 0. The van der Waals surface area contributed by atoms with Crippen molar-refractivity contribution in [2.45, 2.75) is 38.6 Å². The number of nitrogens with one attached hydrogen (secondary N) is 1. The van der Waals surface area contributed by atoms with Crippen molar-refractivity contribution in [1.29, 1.82) is 0 Å². The van der Waals surface area contributed by atoms with Crippen LogP contribution in [0.5, 0.6) is 0 Å². The second-order valence-corrected chi connectivity index (χ2v) is 4.27. The van der Waals surface area contributed by atoms with Crippen molar-refractivity contribution in [3.8, 4) is 0 Å². The van der Waals surface area contributed by atoms with E-state index in [0.29, 0.717) is 5.54 Å². The van der Waals surface area contributed by atoms with Crippen LogP contribution < -0.4 is 11.1 Å². The molecule has 0 radical (unpaired) electrons. The minimum atomic E-state index is 0.374. The lowest BCUT2D eigenvalue weighted by atomic mass is 9.94. The van der Waals surface area contributed by atoms with E-state index in [-0.39, 0.29) is 0 Å². The Morgan fingerprint density at radius 1 is 1.55 bits per heavy atom. The van der Waals surface area contributed by atoms with E-state index in [1.807, 2.05) is 0 Å². The molecule has 2 heteroatoms. The molecular formula is C9H20N2. The molecule has 2 nitrogen and oxygen atoms in total. The van der Waals surface area contributed by atoms with Crippen LogP contribution in [-0.4, -0.2) is 18.6 Å². The summed E-state index contributed by atoms with van der Waals surface area (Å²) >= 11 is 0. The molecule has 0 spiro atoms. The Morgan fingerprint density at radius 2 is 2.27 bits per heavy atom. The first kappa shape index (κ1) is 9.01. The molecule has 1 saturated heterocycles. The van der Waals surface area contributed by atoms with Crippen LogP contribution in [0.2, 0.25) is 0 Å². The van der Waals surface area contributed by atoms with Crippen LogP contribution in [0.3, 0.4) is 0 Å². The maximum atomic E-state index is 5.45. The van der Waals surface area contributed by atoms with Gasteiger partial charge in [0.05, 0.1) is 0 Å². The summed E-state index contributed by atoms with van der Waals surface area (Å²) in [4.78, 5) is 0. The van der Waals surface area contributed by atoms with Gasteiger partial charge >= 0.3 is 0 Å². The Labute approximate surface area is 69.5 Å². The fourth-order valence-electron chi connectivity index (χ4n) is 1.90. The van der Waals surface area contributed by atoms with Crippen LogP contribution in [0.25, 0.3) is 0 Å². The fraction of sp³-hybridized carbons (Fsp3) is 1.00. The molecule has 0 aromatic rings. The maximum absolute atomic E-state index is 5.45. The first-order valence-electron chi connectivity index (χ1n) is 4.59. The zero-order valence-electron chi connectivity index (χ0n) is 7.69. The molecular weight excluding hydrogens is 136 g/mol. The van der Waals surface area contributed by atoms with Gasteiger partial charge in [-0.3, -0.25) is 0 Å². The highest BCUT2D eigenvalue weighted by Crippen LogP contribution is 2.25. The van der Waals surface area contributed by atoms with Gasteiger partial charge in [-0.15, -0.1) is 0 Å². The van der Waals surface area contributed by atoms with Crippen LogP contribution in [-0.2, 0) is 0 Å². The fourth-order valence-corrected chi connectivity index (χ4v) is 1.90. The summed E-state index contributed by atoms with van der Waals surface area (Å²) in [5, 5.41) is 3.51. The predicted octanol–water partition coefficient (Wildman–Crippen LogP) is 1.11. The smallest absolute Gasteiger partial charge is 0.0128 e. The maximum Gasteiger partial charge on any atom is 0.0128 e. The van der Waals surface area contributed by atoms with Gasteiger partial charge in [0.2, 0.25) is 0 Å². The molecule has 1 fully saturated rings. The largest absolute Gasteiger partial charge is 0.330 e. The SMILES string of the molecule is CC1(C)CC(CCCN)CN1. The summed E-state index contributed by atoms with van der Waals surface area (Å²) in [5.74, 6) is 0.869. The van der Waals surface area contributed by atoms with Crippen molar-refractivity contribution in [3.63, 3.8) is 0 Å². The Balaban J connectivity index is 2.20. The molecule has 66 valence electrons. The van der Waals surface area contributed by atoms with Gasteiger partial charge in [0.1, 0.15) is 0 Å². The highest BCUT2D eigenvalue weighted by Gasteiger charge is 2.29. The van der Waals surface area contributed by atoms with E-state index < -0.39 is 0 Å². The molecule has 0 amide bonds. The van der Waals surface area contributed by atoms with Gasteiger partial charge in [-0.1, -0.05) is 0 Å². The Morgan fingerprint density at radius 3 is 2.73 bits per heavy atom. The lowest BCUT2D eigenvalue weighted by Gasteiger charge is -2.17. The van der Waals surface area contributed by atoms with Gasteiger partial charge in [0.25, 0.3) is 0 Å². The van der Waals surface area contributed by atoms with Gasteiger partial charge in [0.15, 0.2) is 0 Å². The molecule has 11 heavy (non-hydrogen) atoms. The summed E-state index contributed by atoms with van der Waals surface area (Å²) in [6, 6.07) is 0. The zero-order chi connectivity index (χ0) is 8.32. The third kappa shape index (κ3) is 2.80. The summed E-state index contributed by atoms with van der Waals surface area (Å²) in [6.45, 7) is 6.58. The van der Waals surface area contributed by atoms with Crippen LogP contribution >= 0.6 is 0 Å². The average Bonchev–Trinajstić information content (AvgIpc) is 2.26. The van der Waals surface area contributed by atoms with Crippen molar-refractivity contribution in [2.75, 3.05) is 13.1 Å². The molecule has 0 bridgehead atoms. The molecule has 1 rings (SSSR count). The Hall–Kier alpha value is -0.0800. The van der Waals surface area contributed by atoms with Crippen molar-refractivity contribution in [2.24, 2.45) is 11.7 Å². The van der Waals surface area contributed by atoms with Crippen LogP contribution in [0.4, 0.5) is 0 Å². The third-order valence-electron chi connectivity index (χ3n) is 2.48. The summed E-state index contributed by atoms with van der Waals surface area (Å²) in [5.41, 5.74) is 5.83. The lowest BCUT2D eigenvalue weighted by molar-refractivity contribution is 0.429. The monoisotopic (exact) mass is 156 g/mol. The quantitative estimate of drug-likeness (QED) is 0.642. The van der Waals surface area contributed by atoms with E-state index in [1.54, 1.807) is 0 Å². The normalized spacial score (nSPS) is 29.2. The molecule has 1 unspecified atom stereocenters. The van der Waals surface area contributed by atoms with E-state index in [2.05, 4.69) is 19.2 Å². The molecule has 0 aromatic heterocycles. The van der Waals surface area contributed by atoms with Crippen LogP contribution in [0, 0.1) is 5.92 Å². The summed E-state index contributed by atoms with van der Waals surface area (Å²) in [7, 11) is 0. The van der Waals surface area contributed by atoms with Crippen molar-refractivity contribution in [1.82, 2.24) is 5.32 Å². The minimum Gasteiger partial charge on any atom is -0.330 e. The van der Waals surface area contributed by atoms with Gasteiger partial charge < -0.3 is 11.1 Å². The Kier molecular flexibility index (Phi) is 2.90. The second-order valence-electron chi connectivity index (χ2n) is 4.27. The first-order chi connectivity index (χ1) is 5.14. The minimum absolute atomic E-state index is 0.374. The van der Waals surface area contributed by atoms with Crippen LogP contribution in [0.1, 0.15) is 33.1 Å². The molecule has 0 saturated carbocycles. The Bertz CT molecular complexity index is 121. The molecule has 1 heterocycles. The average molecular weight is 156 g/mol. The topological polar surface area (TPSA) is 38.0 Å². The van der Waals surface area contributed by atoms with Crippen molar-refractivity contribution < 1.29 is 0 Å². The van der Waals surface area contributed by atoms with E-state index in [0.717, 1.165) is 12.5 Å². The molecule has 1 atom stereocenters. The molecule has 0 aliphatic carbocycles. The highest BCUT2D eigenvalue weighted by molar-refractivity contribution is 4.88. The van der Waals surface area contributed by atoms with E-state index in [1.165, 1.54) is 25.8 Å². The predicted molar refractivity (Wildman–Crippen MR) is 48.5 cm³/mol. The number of hydrogen-bond donors (Lipinski definition) is 2. The van der Waals surface area contributed by atoms with Gasteiger partial charge in [-0.05, 0) is 52.1 Å². The standard InChI is InChI=1S/C9H20N2/c1-9(2)6-8(7-11-9)4-3-5-10/h8,11H,3-7,10H2,1-2H3. The van der Waals surface area contributed by atoms with E-state index >= 15 is 0 Å². The van der Waals surface area contributed by atoms with Crippen molar-refractivity contribution >= 4 is 0 Å². The summed E-state index contributed by atoms with van der Waals surface area (Å²) in [6.07, 6.45) is 3.79. The van der Waals surface area contributed by atoms with E-state index in [9.17, 15) is 0 Å². The highest BCUT2D eigenvalue weighted by atomic mass is 15.0.